The van der Waals surface area contributed by atoms with Gasteiger partial charge >= 0.3 is 6.09 Å². The number of anilines is 2. The summed E-state index contributed by atoms with van der Waals surface area (Å²) in [5.74, 6) is 0.770. The van der Waals surface area contributed by atoms with Crippen LogP contribution in [0.3, 0.4) is 0 Å². The van der Waals surface area contributed by atoms with Crippen molar-refractivity contribution in [3.63, 3.8) is 0 Å². The van der Waals surface area contributed by atoms with Crippen LogP contribution in [0.5, 0.6) is 5.75 Å². The number of likely N-dealkylation sites (tertiary alicyclic amines) is 1. The van der Waals surface area contributed by atoms with Gasteiger partial charge in [-0.2, -0.15) is 0 Å². The fourth-order valence-electron chi connectivity index (χ4n) is 3.42. The number of hydrogen-bond acceptors (Lipinski definition) is 4. The summed E-state index contributed by atoms with van der Waals surface area (Å²) >= 11 is 0. The number of nitrogen functional groups attached to an aromatic ring is 1. The number of nitrogens with zero attached hydrogens (tertiary/aromatic N) is 1. The number of rotatable bonds is 3. The van der Waals surface area contributed by atoms with Gasteiger partial charge in [0.1, 0.15) is 5.75 Å². The lowest BCUT2D eigenvalue weighted by molar-refractivity contribution is 0.0558. The second-order valence-electron chi connectivity index (χ2n) is 7.63. The molecule has 1 fully saturated rings. The number of hydrogen-bond donors (Lipinski definition) is 3. The van der Waals surface area contributed by atoms with Gasteiger partial charge < -0.3 is 25.8 Å². The molecule has 0 bridgehead atoms. The first-order valence-electron chi connectivity index (χ1n) is 8.33. The van der Waals surface area contributed by atoms with Crippen LogP contribution in [-0.2, 0) is 0 Å². The average molecular weight is 335 g/mol. The van der Waals surface area contributed by atoms with Gasteiger partial charge in [0.2, 0.25) is 0 Å². The summed E-state index contributed by atoms with van der Waals surface area (Å²) in [4.78, 5) is 13.1. The first-order valence-corrected chi connectivity index (χ1v) is 8.33. The second-order valence-corrected chi connectivity index (χ2v) is 7.63. The third kappa shape index (κ3) is 3.86. The molecule has 0 spiro atoms. The lowest BCUT2D eigenvalue weighted by Crippen LogP contribution is -2.54. The minimum atomic E-state index is -0.840. The van der Waals surface area contributed by atoms with Crippen molar-refractivity contribution in [1.82, 2.24) is 4.90 Å². The molecule has 1 aromatic carbocycles. The van der Waals surface area contributed by atoms with E-state index in [-0.39, 0.29) is 17.5 Å². The van der Waals surface area contributed by atoms with E-state index >= 15 is 0 Å². The zero-order valence-electron chi connectivity index (χ0n) is 15.2. The van der Waals surface area contributed by atoms with Crippen LogP contribution in [0.4, 0.5) is 16.2 Å². The molecule has 1 aromatic rings. The number of carbonyl (C=O) groups is 1. The van der Waals surface area contributed by atoms with Gasteiger partial charge in [-0.3, -0.25) is 0 Å². The molecule has 2 rings (SSSR count). The number of methoxy groups -OCH3 is 1. The largest absolute Gasteiger partial charge is 0.496 e. The van der Waals surface area contributed by atoms with Crippen molar-refractivity contribution >= 4 is 17.5 Å². The smallest absolute Gasteiger partial charge is 0.407 e. The van der Waals surface area contributed by atoms with Crippen molar-refractivity contribution in [2.45, 2.75) is 52.6 Å². The Kier molecular flexibility index (Phi) is 5.16. The Labute approximate surface area is 144 Å². The highest BCUT2D eigenvalue weighted by Crippen LogP contribution is 2.35. The summed E-state index contributed by atoms with van der Waals surface area (Å²) in [7, 11) is 1.63. The Morgan fingerprint density at radius 1 is 1.42 bits per heavy atom. The summed E-state index contributed by atoms with van der Waals surface area (Å²) in [6, 6.07) is 3.98. The van der Waals surface area contributed by atoms with Crippen LogP contribution >= 0.6 is 0 Å². The number of nitrogens with two attached hydrogens (primary N) is 1. The fourth-order valence-corrected chi connectivity index (χ4v) is 3.42. The van der Waals surface area contributed by atoms with E-state index in [4.69, 9.17) is 10.5 Å². The molecule has 134 valence electrons. The van der Waals surface area contributed by atoms with E-state index < -0.39 is 6.09 Å². The number of piperidine rings is 1. The van der Waals surface area contributed by atoms with E-state index in [9.17, 15) is 9.90 Å². The normalized spacial score (nSPS) is 21.5. The SMILES string of the molecule is COc1cc(N)c(NC2CCN(C(=O)O)C(C(C)(C)C)C2)cc1C. The zero-order valence-corrected chi connectivity index (χ0v) is 15.2. The molecule has 2 unspecified atom stereocenters. The monoisotopic (exact) mass is 335 g/mol. The number of carboxylic acid groups (broad SMARTS) is 1. The van der Waals surface area contributed by atoms with E-state index in [0.717, 1.165) is 29.8 Å². The lowest BCUT2D eigenvalue weighted by Gasteiger charge is -2.45. The van der Waals surface area contributed by atoms with E-state index in [1.54, 1.807) is 12.0 Å². The highest BCUT2D eigenvalue weighted by molar-refractivity contribution is 5.70. The minimum absolute atomic E-state index is 0.0261. The summed E-state index contributed by atoms with van der Waals surface area (Å²) < 4.78 is 5.29. The minimum Gasteiger partial charge on any atom is -0.496 e. The maximum atomic E-state index is 11.5. The molecule has 0 saturated carbocycles. The first-order chi connectivity index (χ1) is 11.1. The molecule has 1 aliphatic heterocycles. The van der Waals surface area contributed by atoms with Crippen LogP contribution in [0.2, 0.25) is 0 Å². The fraction of sp³-hybridized carbons (Fsp3) is 0.611. The quantitative estimate of drug-likeness (QED) is 0.735. The predicted molar refractivity (Wildman–Crippen MR) is 96.8 cm³/mol. The van der Waals surface area contributed by atoms with Crippen LogP contribution in [-0.4, -0.2) is 41.8 Å². The van der Waals surface area contributed by atoms with Crippen molar-refractivity contribution in [2.75, 3.05) is 24.7 Å². The van der Waals surface area contributed by atoms with Crippen molar-refractivity contribution in [2.24, 2.45) is 5.41 Å². The Balaban J connectivity index is 2.17. The molecule has 1 heterocycles. The van der Waals surface area contributed by atoms with Gasteiger partial charge in [0.15, 0.2) is 0 Å². The van der Waals surface area contributed by atoms with Gasteiger partial charge in [0, 0.05) is 24.7 Å². The zero-order chi connectivity index (χ0) is 18.1. The van der Waals surface area contributed by atoms with Crippen molar-refractivity contribution in [1.29, 1.82) is 0 Å². The number of amides is 1. The third-order valence-electron chi connectivity index (χ3n) is 4.77. The molecule has 1 amide bonds. The molecular formula is C18H29N3O3. The van der Waals surface area contributed by atoms with E-state index in [2.05, 4.69) is 26.1 Å². The van der Waals surface area contributed by atoms with Crippen molar-refractivity contribution in [3.8, 4) is 5.75 Å². The van der Waals surface area contributed by atoms with E-state index in [1.165, 1.54) is 0 Å². The molecular weight excluding hydrogens is 306 g/mol. The van der Waals surface area contributed by atoms with Gasteiger partial charge in [0.05, 0.1) is 18.5 Å². The Bertz CT molecular complexity index is 610. The molecule has 1 saturated heterocycles. The molecule has 0 aromatic heterocycles. The number of ether oxygens (including phenoxy) is 1. The summed E-state index contributed by atoms with van der Waals surface area (Å²) in [6.45, 7) is 8.77. The maximum Gasteiger partial charge on any atom is 0.407 e. The Morgan fingerprint density at radius 3 is 2.62 bits per heavy atom. The maximum absolute atomic E-state index is 11.5. The van der Waals surface area contributed by atoms with Crippen LogP contribution < -0.4 is 15.8 Å². The summed E-state index contributed by atoms with van der Waals surface area (Å²) in [5.41, 5.74) is 8.57. The van der Waals surface area contributed by atoms with Gasteiger partial charge in [0.25, 0.3) is 0 Å². The number of aryl methyl sites for hydroxylation is 1. The van der Waals surface area contributed by atoms with Crippen molar-refractivity contribution < 1.29 is 14.6 Å². The molecule has 24 heavy (non-hydrogen) atoms. The van der Waals surface area contributed by atoms with Gasteiger partial charge in [-0.25, -0.2) is 4.79 Å². The molecule has 4 N–H and O–H groups in total. The van der Waals surface area contributed by atoms with Crippen LogP contribution in [0.15, 0.2) is 12.1 Å². The average Bonchev–Trinajstić information content (AvgIpc) is 2.49. The standard InChI is InChI=1S/C18H29N3O3/c1-11-8-14(13(19)10-15(11)24-5)20-12-6-7-21(17(22)23)16(9-12)18(2,3)4/h8,10,12,16,20H,6-7,9,19H2,1-5H3,(H,22,23). The van der Waals surface area contributed by atoms with Gasteiger partial charge in [-0.15, -0.1) is 0 Å². The van der Waals surface area contributed by atoms with Gasteiger partial charge in [-0.05, 0) is 36.8 Å². The highest BCUT2D eigenvalue weighted by Gasteiger charge is 2.38. The summed E-state index contributed by atoms with van der Waals surface area (Å²) in [5, 5.41) is 13.0. The van der Waals surface area contributed by atoms with E-state index in [0.29, 0.717) is 12.2 Å². The molecule has 0 aliphatic carbocycles. The van der Waals surface area contributed by atoms with Crippen LogP contribution in [0.25, 0.3) is 0 Å². The molecule has 6 heteroatoms. The third-order valence-corrected chi connectivity index (χ3v) is 4.77. The van der Waals surface area contributed by atoms with Crippen molar-refractivity contribution in [3.05, 3.63) is 17.7 Å². The predicted octanol–water partition coefficient (Wildman–Crippen LogP) is 3.55. The molecule has 2 atom stereocenters. The summed E-state index contributed by atoms with van der Waals surface area (Å²) in [6.07, 6.45) is 0.692. The molecule has 1 aliphatic rings. The van der Waals surface area contributed by atoms with Gasteiger partial charge in [-0.1, -0.05) is 20.8 Å². The lowest BCUT2D eigenvalue weighted by atomic mass is 9.79. The number of benzene rings is 1. The highest BCUT2D eigenvalue weighted by atomic mass is 16.5. The van der Waals surface area contributed by atoms with Crippen LogP contribution in [0, 0.1) is 12.3 Å². The van der Waals surface area contributed by atoms with E-state index in [1.807, 2.05) is 19.1 Å². The Hall–Kier alpha value is -2.11. The number of nitrogens with one attached hydrogen (secondary N) is 1. The molecule has 0 radical (unpaired) electrons. The Morgan fingerprint density at radius 2 is 2.08 bits per heavy atom. The second kappa shape index (κ2) is 6.79. The first kappa shape index (κ1) is 18.2. The topological polar surface area (TPSA) is 87.8 Å². The molecule has 6 nitrogen and oxygen atoms in total. The van der Waals surface area contributed by atoms with Crippen LogP contribution in [0.1, 0.15) is 39.2 Å².